The Bertz CT molecular complexity index is 222. The van der Waals surface area contributed by atoms with Gasteiger partial charge in [-0.1, -0.05) is 0 Å². The third kappa shape index (κ3) is 3.26. The van der Waals surface area contributed by atoms with E-state index in [9.17, 15) is 4.21 Å². The van der Waals surface area contributed by atoms with Gasteiger partial charge in [0.2, 0.25) is 0 Å². The van der Waals surface area contributed by atoms with E-state index >= 15 is 0 Å². The van der Waals surface area contributed by atoms with Gasteiger partial charge in [-0.2, -0.15) is 0 Å². The molecule has 1 saturated heterocycles. The van der Waals surface area contributed by atoms with Gasteiger partial charge < -0.3 is 5.11 Å². The highest BCUT2D eigenvalue weighted by atomic mass is 35.5. The van der Waals surface area contributed by atoms with Crippen LogP contribution in [0.3, 0.4) is 0 Å². The zero-order valence-electron chi connectivity index (χ0n) is 7.02. The molecule has 1 aliphatic heterocycles. The molecule has 1 unspecified atom stereocenters. The summed E-state index contributed by atoms with van der Waals surface area (Å²) in [7, 11) is -2.53. The summed E-state index contributed by atoms with van der Waals surface area (Å²) < 4.78 is 20.0. The number of rotatable bonds is 1. The minimum absolute atomic E-state index is 0. The molecule has 1 aliphatic rings. The highest BCUT2D eigenvalue weighted by Gasteiger charge is 2.20. The largest absolute Gasteiger partial charge is 0.393 e. The van der Waals surface area contributed by atoms with Crippen LogP contribution in [0.2, 0.25) is 0 Å². The normalized spacial score (nSPS) is 25.8. The zero-order valence-corrected chi connectivity index (χ0v) is 8.66. The molecule has 74 valence electrons. The minimum atomic E-state index is -2.53. The molecule has 0 spiro atoms. The highest BCUT2D eigenvalue weighted by Crippen LogP contribution is 2.12. The van der Waals surface area contributed by atoms with Crippen molar-refractivity contribution >= 4 is 22.3 Å². The van der Waals surface area contributed by atoms with Gasteiger partial charge in [-0.25, -0.2) is 13.3 Å². The van der Waals surface area contributed by atoms with Gasteiger partial charge in [-0.15, -0.1) is 12.4 Å². The van der Waals surface area contributed by atoms with Gasteiger partial charge in [-0.3, -0.25) is 0 Å². The van der Waals surface area contributed by atoms with Crippen LogP contribution in [-0.4, -0.2) is 39.1 Å². The van der Waals surface area contributed by atoms with Gasteiger partial charge in [0.15, 0.2) is 0 Å². The number of nitrogens with zero attached hydrogens (tertiary/aromatic N) is 1. The second-order valence-corrected chi connectivity index (χ2v) is 5.08. The van der Waals surface area contributed by atoms with Crippen LogP contribution in [0.4, 0.5) is 0 Å². The third-order valence-corrected chi connectivity index (χ3v) is 3.27. The maximum atomic E-state index is 11.2. The van der Waals surface area contributed by atoms with Crippen molar-refractivity contribution in [3.05, 3.63) is 0 Å². The van der Waals surface area contributed by atoms with E-state index in [1.165, 1.54) is 6.26 Å². The molecule has 0 bridgehead atoms. The summed E-state index contributed by atoms with van der Waals surface area (Å²) in [6.07, 6.45) is 2.45. The summed E-state index contributed by atoms with van der Waals surface area (Å²) >= 11 is 0. The lowest BCUT2D eigenvalue weighted by atomic mass is 10.1. The summed E-state index contributed by atoms with van der Waals surface area (Å²) in [5.74, 6) is 0. The number of hydrogen-bond acceptors (Lipinski definition) is 3. The predicted octanol–water partition coefficient (Wildman–Crippen LogP) is 0.456. The second-order valence-electron chi connectivity index (χ2n) is 2.96. The maximum Gasteiger partial charge on any atom is 0.104 e. The van der Waals surface area contributed by atoms with Crippen molar-refractivity contribution in [1.29, 1.82) is 4.78 Å². The van der Waals surface area contributed by atoms with Crippen LogP contribution < -0.4 is 0 Å². The molecule has 6 heteroatoms. The van der Waals surface area contributed by atoms with E-state index in [2.05, 4.69) is 0 Å². The Kier molecular flexibility index (Phi) is 4.47. The average molecular weight is 215 g/mol. The fourth-order valence-electron chi connectivity index (χ4n) is 1.19. The van der Waals surface area contributed by atoms with Gasteiger partial charge in [0, 0.05) is 19.3 Å². The first kappa shape index (κ1) is 12.2. The van der Waals surface area contributed by atoms with E-state index in [4.69, 9.17) is 9.89 Å². The molecule has 0 aromatic carbocycles. The Morgan fingerprint density at radius 1 is 1.50 bits per heavy atom. The van der Waals surface area contributed by atoms with Crippen LogP contribution in [0.15, 0.2) is 0 Å². The van der Waals surface area contributed by atoms with Crippen LogP contribution in [0.5, 0.6) is 0 Å². The molecule has 1 fully saturated rings. The molecule has 0 amide bonds. The van der Waals surface area contributed by atoms with Crippen molar-refractivity contribution in [2.75, 3.05) is 19.3 Å². The Labute approximate surface area is 79.5 Å². The van der Waals surface area contributed by atoms with Gasteiger partial charge >= 0.3 is 0 Å². The van der Waals surface area contributed by atoms with E-state index in [1.54, 1.807) is 4.31 Å². The van der Waals surface area contributed by atoms with Crippen molar-refractivity contribution < 1.29 is 9.32 Å². The number of piperidine rings is 1. The SMILES string of the molecule is CS(=N)(=O)N1CCC(O)CC1.Cl. The standard InChI is InChI=1S/C6H14N2O2S.ClH/c1-11(7,10)8-4-2-6(9)3-5-8;/h6-7,9H,2-5H2,1H3;1H. The average Bonchev–Trinajstić information content (AvgIpc) is 1.86. The number of aliphatic hydroxyl groups excluding tert-OH is 1. The Hall–Kier alpha value is 0.160. The lowest BCUT2D eigenvalue weighted by Crippen LogP contribution is -2.38. The summed E-state index contributed by atoms with van der Waals surface area (Å²) in [6, 6.07) is 0. The van der Waals surface area contributed by atoms with Crippen molar-refractivity contribution in [2.45, 2.75) is 18.9 Å². The fraction of sp³-hybridized carbons (Fsp3) is 1.00. The number of halogens is 1. The summed E-state index contributed by atoms with van der Waals surface area (Å²) in [4.78, 5) is 0. The fourth-order valence-corrected chi connectivity index (χ4v) is 2.10. The summed E-state index contributed by atoms with van der Waals surface area (Å²) in [5, 5.41) is 9.11. The van der Waals surface area contributed by atoms with Gasteiger partial charge in [0.1, 0.15) is 9.92 Å². The van der Waals surface area contributed by atoms with Crippen molar-refractivity contribution in [1.82, 2.24) is 4.31 Å². The monoisotopic (exact) mass is 214 g/mol. The molecule has 0 saturated carbocycles. The molecule has 0 aromatic rings. The van der Waals surface area contributed by atoms with Gasteiger partial charge in [0.25, 0.3) is 0 Å². The first-order valence-corrected chi connectivity index (χ1v) is 5.59. The van der Waals surface area contributed by atoms with E-state index in [1.807, 2.05) is 0 Å². The molecule has 4 nitrogen and oxygen atoms in total. The van der Waals surface area contributed by atoms with E-state index in [0.717, 1.165) is 0 Å². The highest BCUT2D eigenvalue weighted by molar-refractivity contribution is 7.89. The first-order chi connectivity index (χ1) is 5.00. The van der Waals surface area contributed by atoms with Gasteiger partial charge in [0.05, 0.1) is 6.10 Å². The Morgan fingerprint density at radius 2 is 1.92 bits per heavy atom. The quantitative estimate of drug-likeness (QED) is 0.666. The summed E-state index contributed by atoms with van der Waals surface area (Å²) in [6.45, 7) is 1.17. The molecule has 0 aliphatic carbocycles. The Balaban J connectivity index is 0.00000121. The molecular weight excluding hydrogens is 200 g/mol. The van der Waals surface area contributed by atoms with E-state index in [0.29, 0.717) is 25.9 Å². The molecule has 0 radical (unpaired) electrons. The Morgan fingerprint density at radius 3 is 2.25 bits per heavy atom. The molecule has 0 aromatic heterocycles. The number of hydrogen-bond donors (Lipinski definition) is 2. The molecule has 2 N–H and O–H groups in total. The smallest absolute Gasteiger partial charge is 0.104 e. The zero-order chi connectivity index (χ0) is 8.48. The lowest BCUT2D eigenvalue weighted by molar-refractivity contribution is 0.114. The van der Waals surface area contributed by atoms with Crippen molar-refractivity contribution in [3.8, 4) is 0 Å². The van der Waals surface area contributed by atoms with Gasteiger partial charge in [-0.05, 0) is 12.8 Å². The van der Waals surface area contributed by atoms with E-state index in [-0.39, 0.29) is 18.5 Å². The number of nitrogens with one attached hydrogen (secondary N) is 1. The molecule has 1 heterocycles. The summed E-state index contributed by atoms with van der Waals surface area (Å²) in [5.41, 5.74) is 0. The van der Waals surface area contributed by atoms with Crippen molar-refractivity contribution in [2.24, 2.45) is 0 Å². The minimum Gasteiger partial charge on any atom is -0.393 e. The van der Waals surface area contributed by atoms with Crippen LogP contribution in [0, 0.1) is 4.78 Å². The van der Waals surface area contributed by atoms with Crippen LogP contribution >= 0.6 is 12.4 Å². The topological polar surface area (TPSA) is 64.4 Å². The predicted molar refractivity (Wildman–Crippen MR) is 50.8 cm³/mol. The van der Waals surface area contributed by atoms with Crippen LogP contribution in [0.1, 0.15) is 12.8 Å². The molecular formula is C6H15ClN2O2S. The number of aliphatic hydroxyl groups is 1. The molecule has 1 rings (SSSR count). The van der Waals surface area contributed by atoms with E-state index < -0.39 is 9.92 Å². The molecule has 12 heavy (non-hydrogen) atoms. The third-order valence-electron chi connectivity index (χ3n) is 1.92. The second kappa shape index (κ2) is 4.41. The molecule has 1 atom stereocenters. The maximum absolute atomic E-state index is 11.2. The van der Waals surface area contributed by atoms with Crippen LogP contribution in [-0.2, 0) is 9.92 Å². The van der Waals surface area contributed by atoms with Crippen LogP contribution in [0.25, 0.3) is 0 Å². The van der Waals surface area contributed by atoms with Crippen molar-refractivity contribution in [3.63, 3.8) is 0 Å². The lowest BCUT2D eigenvalue weighted by Gasteiger charge is -2.28. The first-order valence-electron chi connectivity index (χ1n) is 3.67.